The summed E-state index contributed by atoms with van der Waals surface area (Å²) >= 11 is 3.22. The monoisotopic (exact) mass is 325 g/mol. The molecule has 0 aromatic carbocycles. The number of hydrogen-bond acceptors (Lipinski definition) is 3. The molecule has 0 saturated carbocycles. The maximum absolute atomic E-state index is 12.2. The third kappa shape index (κ3) is 5.20. The Bertz CT molecular complexity index is 407. The summed E-state index contributed by atoms with van der Waals surface area (Å²) in [6.45, 7) is 5.31. The van der Waals surface area contributed by atoms with E-state index in [0.29, 0.717) is 16.2 Å². The third-order valence-electron chi connectivity index (χ3n) is 2.16. The predicted octanol–water partition coefficient (Wildman–Crippen LogP) is 4.12. The van der Waals surface area contributed by atoms with Crippen molar-refractivity contribution in [3.63, 3.8) is 0 Å². The van der Waals surface area contributed by atoms with E-state index >= 15 is 0 Å². The zero-order chi connectivity index (χ0) is 13.9. The number of hydrogen-bond donors (Lipinski definition) is 1. The summed E-state index contributed by atoms with van der Waals surface area (Å²) in [6, 6.07) is 0.838. The number of aromatic nitrogens is 2. The van der Waals surface area contributed by atoms with Crippen LogP contribution in [-0.2, 0) is 0 Å². The molecule has 1 heterocycles. The minimum absolute atomic E-state index is 0.112. The highest BCUT2D eigenvalue weighted by atomic mass is 79.9. The Hall–Kier alpha value is -0.850. The van der Waals surface area contributed by atoms with E-state index in [9.17, 15) is 13.2 Å². The van der Waals surface area contributed by atoms with Gasteiger partial charge in [-0.2, -0.15) is 13.2 Å². The van der Waals surface area contributed by atoms with Gasteiger partial charge < -0.3 is 5.32 Å². The van der Waals surface area contributed by atoms with Crippen molar-refractivity contribution in [2.45, 2.75) is 45.3 Å². The Labute approximate surface area is 112 Å². The molecular weight excluding hydrogens is 311 g/mol. The number of anilines is 1. The van der Waals surface area contributed by atoms with E-state index in [1.54, 1.807) is 6.07 Å². The maximum Gasteiger partial charge on any atom is 0.391 e. The molecule has 0 saturated heterocycles. The van der Waals surface area contributed by atoms with Crippen molar-refractivity contribution in [2.75, 3.05) is 5.32 Å². The first-order valence-corrected chi connectivity index (χ1v) is 6.34. The summed E-state index contributed by atoms with van der Waals surface area (Å²) in [7, 11) is 0. The molecule has 0 bridgehead atoms. The molecule has 1 aromatic rings. The molecule has 3 nitrogen and oxygen atoms in total. The summed E-state index contributed by atoms with van der Waals surface area (Å²) < 4.78 is 37.2. The van der Waals surface area contributed by atoms with E-state index in [4.69, 9.17) is 0 Å². The Morgan fingerprint density at radius 3 is 2.39 bits per heavy atom. The first kappa shape index (κ1) is 15.2. The van der Waals surface area contributed by atoms with Gasteiger partial charge in [-0.05, 0) is 22.9 Å². The van der Waals surface area contributed by atoms with E-state index in [0.717, 1.165) is 0 Å². The SMILES string of the molecule is CC(CC(F)(F)F)Nc1cc(Br)nc(C(C)C)n1. The predicted molar refractivity (Wildman–Crippen MR) is 67.6 cm³/mol. The van der Waals surface area contributed by atoms with Gasteiger partial charge in [0.15, 0.2) is 0 Å². The van der Waals surface area contributed by atoms with Crippen molar-refractivity contribution in [3.8, 4) is 0 Å². The van der Waals surface area contributed by atoms with Gasteiger partial charge in [0, 0.05) is 18.0 Å². The fraction of sp³-hybridized carbons (Fsp3) is 0.636. The number of nitrogens with zero attached hydrogens (tertiary/aromatic N) is 2. The van der Waals surface area contributed by atoms with Crippen molar-refractivity contribution < 1.29 is 13.2 Å². The normalized spacial score (nSPS) is 13.8. The van der Waals surface area contributed by atoms with E-state index in [1.165, 1.54) is 6.92 Å². The van der Waals surface area contributed by atoms with Crippen molar-refractivity contribution >= 4 is 21.7 Å². The quantitative estimate of drug-likeness (QED) is 0.846. The van der Waals surface area contributed by atoms with Crippen LogP contribution in [0.5, 0.6) is 0 Å². The van der Waals surface area contributed by atoms with Crippen molar-refractivity contribution in [1.82, 2.24) is 9.97 Å². The fourth-order valence-corrected chi connectivity index (χ4v) is 1.82. The lowest BCUT2D eigenvalue weighted by Gasteiger charge is -2.17. The van der Waals surface area contributed by atoms with E-state index in [1.807, 2.05) is 13.8 Å². The highest BCUT2D eigenvalue weighted by molar-refractivity contribution is 9.10. The van der Waals surface area contributed by atoms with Crippen LogP contribution in [0.1, 0.15) is 38.9 Å². The van der Waals surface area contributed by atoms with E-state index in [2.05, 4.69) is 31.2 Å². The Morgan fingerprint density at radius 1 is 1.28 bits per heavy atom. The molecule has 1 atom stereocenters. The molecule has 18 heavy (non-hydrogen) atoms. The smallest absolute Gasteiger partial charge is 0.367 e. The fourth-order valence-electron chi connectivity index (χ4n) is 1.42. The van der Waals surface area contributed by atoms with Crippen LogP contribution in [0.25, 0.3) is 0 Å². The molecule has 7 heteroatoms. The number of nitrogens with one attached hydrogen (secondary N) is 1. The molecule has 0 aliphatic carbocycles. The number of rotatable bonds is 4. The molecule has 0 aliphatic rings. The van der Waals surface area contributed by atoms with Gasteiger partial charge in [0.05, 0.1) is 6.42 Å². The van der Waals surface area contributed by atoms with Crippen LogP contribution >= 0.6 is 15.9 Å². The molecule has 0 aliphatic heterocycles. The summed E-state index contributed by atoms with van der Waals surface area (Å²) in [5.41, 5.74) is 0. The van der Waals surface area contributed by atoms with Crippen LogP contribution in [0.4, 0.5) is 19.0 Å². The number of halogens is 4. The van der Waals surface area contributed by atoms with Crippen LogP contribution in [0.2, 0.25) is 0 Å². The minimum Gasteiger partial charge on any atom is -0.367 e. The van der Waals surface area contributed by atoms with Crippen LogP contribution in [0, 0.1) is 0 Å². The number of alkyl halides is 3. The zero-order valence-electron chi connectivity index (χ0n) is 10.3. The van der Waals surface area contributed by atoms with Gasteiger partial charge in [0.25, 0.3) is 0 Å². The summed E-state index contributed by atoms with van der Waals surface area (Å²) in [4.78, 5) is 8.34. The lowest BCUT2D eigenvalue weighted by atomic mass is 10.2. The molecule has 102 valence electrons. The zero-order valence-corrected chi connectivity index (χ0v) is 11.9. The van der Waals surface area contributed by atoms with Gasteiger partial charge >= 0.3 is 6.18 Å². The molecule has 0 fully saturated rings. The van der Waals surface area contributed by atoms with E-state index in [-0.39, 0.29) is 5.92 Å². The third-order valence-corrected chi connectivity index (χ3v) is 2.57. The standard InChI is InChI=1S/C11H15BrF3N3/c1-6(2)10-17-8(12)4-9(18-10)16-7(3)5-11(13,14)15/h4,6-7H,5H2,1-3H3,(H,16,17,18). The average Bonchev–Trinajstić information content (AvgIpc) is 2.12. The van der Waals surface area contributed by atoms with Crippen LogP contribution in [-0.4, -0.2) is 22.2 Å². The average molecular weight is 326 g/mol. The topological polar surface area (TPSA) is 37.8 Å². The molecule has 1 N–H and O–H groups in total. The molecule has 1 rings (SSSR count). The summed E-state index contributed by atoms with van der Waals surface area (Å²) in [5.74, 6) is 1.10. The van der Waals surface area contributed by atoms with Crippen LogP contribution in [0.3, 0.4) is 0 Å². The maximum atomic E-state index is 12.2. The van der Waals surface area contributed by atoms with Gasteiger partial charge in [-0.15, -0.1) is 0 Å². The minimum atomic E-state index is -4.18. The van der Waals surface area contributed by atoms with Gasteiger partial charge in [-0.3, -0.25) is 0 Å². The van der Waals surface area contributed by atoms with Crippen LogP contribution < -0.4 is 5.32 Å². The Kier molecular flexibility index (Phi) is 4.95. The highest BCUT2D eigenvalue weighted by Gasteiger charge is 2.30. The van der Waals surface area contributed by atoms with Crippen LogP contribution in [0.15, 0.2) is 10.7 Å². The van der Waals surface area contributed by atoms with Crippen molar-refractivity contribution in [3.05, 3.63) is 16.5 Å². The van der Waals surface area contributed by atoms with Gasteiger partial charge in [0.1, 0.15) is 16.2 Å². The molecule has 1 aromatic heterocycles. The van der Waals surface area contributed by atoms with E-state index < -0.39 is 18.6 Å². The molecule has 0 spiro atoms. The Morgan fingerprint density at radius 2 is 1.89 bits per heavy atom. The lowest BCUT2D eigenvalue weighted by molar-refractivity contribution is -0.136. The van der Waals surface area contributed by atoms with Crippen molar-refractivity contribution in [2.24, 2.45) is 0 Å². The first-order valence-electron chi connectivity index (χ1n) is 5.55. The van der Waals surface area contributed by atoms with Gasteiger partial charge in [-0.1, -0.05) is 13.8 Å². The second kappa shape index (κ2) is 5.86. The highest BCUT2D eigenvalue weighted by Crippen LogP contribution is 2.24. The molecule has 0 amide bonds. The largest absolute Gasteiger partial charge is 0.391 e. The molecule has 1 unspecified atom stereocenters. The van der Waals surface area contributed by atoms with Gasteiger partial charge in [0.2, 0.25) is 0 Å². The summed E-state index contributed by atoms with van der Waals surface area (Å²) in [5, 5.41) is 2.73. The van der Waals surface area contributed by atoms with Gasteiger partial charge in [-0.25, -0.2) is 9.97 Å². The second-order valence-electron chi connectivity index (χ2n) is 4.45. The van der Waals surface area contributed by atoms with Crippen molar-refractivity contribution in [1.29, 1.82) is 0 Å². The molecular formula is C11H15BrF3N3. The summed E-state index contributed by atoms with van der Waals surface area (Å²) in [6.07, 6.45) is -5.08. The lowest BCUT2D eigenvalue weighted by Crippen LogP contribution is -2.24. The molecule has 0 radical (unpaired) electrons. The Balaban J connectivity index is 2.78. The second-order valence-corrected chi connectivity index (χ2v) is 5.27. The first-order chi connectivity index (χ1) is 8.17.